The van der Waals surface area contributed by atoms with E-state index in [1.807, 2.05) is 4.90 Å². The van der Waals surface area contributed by atoms with Crippen LogP contribution in [0.2, 0.25) is 0 Å². The first-order valence-electron chi connectivity index (χ1n) is 11.0. The fourth-order valence-corrected chi connectivity index (χ4v) is 6.03. The van der Waals surface area contributed by atoms with E-state index in [1.54, 1.807) is 22.9 Å². The summed E-state index contributed by atoms with van der Waals surface area (Å²) in [6.07, 6.45) is 4.44. The molecule has 1 atom stereocenters. The highest BCUT2D eigenvalue weighted by Crippen LogP contribution is 2.28. The first-order valence-corrected chi connectivity index (χ1v) is 12.5. The van der Waals surface area contributed by atoms with Gasteiger partial charge in [-0.3, -0.25) is 4.79 Å². The number of aryl methyl sites for hydroxylation is 1. The maximum absolute atomic E-state index is 13.3. The van der Waals surface area contributed by atoms with Gasteiger partial charge >= 0.3 is 0 Å². The molecule has 30 heavy (non-hydrogen) atoms. The van der Waals surface area contributed by atoms with Gasteiger partial charge in [0, 0.05) is 32.7 Å². The van der Waals surface area contributed by atoms with Crippen LogP contribution in [-0.2, 0) is 21.4 Å². The van der Waals surface area contributed by atoms with E-state index in [1.165, 1.54) is 4.31 Å². The van der Waals surface area contributed by atoms with Gasteiger partial charge in [-0.2, -0.15) is 4.31 Å². The summed E-state index contributed by atoms with van der Waals surface area (Å²) in [4.78, 5) is 15.1. The quantitative estimate of drug-likeness (QED) is 0.723. The lowest BCUT2D eigenvalue weighted by atomic mass is 9.94. The van der Waals surface area contributed by atoms with Crippen molar-refractivity contribution in [2.45, 2.75) is 57.4 Å². The molecule has 4 rings (SSSR count). The van der Waals surface area contributed by atoms with Crippen molar-refractivity contribution in [3.63, 3.8) is 0 Å². The topological polar surface area (TPSA) is 88.4 Å². The molecule has 3 heterocycles. The summed E-state index contributed by atoms with van der Waals surface area (Å²) in [7, 11) is -3.68. The number of aromatic nitrogens is 3. The Morgan fingerprint density at radius 2 is 1.93 bits per heavy atom. The van der Waals surface area contributed by atoms with Crippen molar-refractivity contribution in [1.82, 2.24) is 24.2 Å². The number of rotatable bonds is 5. The SMILES string of the molecule is CCCn1nnc2cc(S(=O)(=O)N3CCCC(C(=O)N4CCC(C)CC4)C3)ccc21. The third-order valence-corrected chi connectivity index (χ3v) is 8.25. The molecule has 0 aliphatic carbocycles. The number of piperidine rings is 2. The summed E-state index contributed by atoms with van der Waals surface area (Å²) in [5.41, 5.74) is 1.42. The van der Waals surface area contributed by atoms with Crippen molar-refractivity contribution < 1.29 is 13.2 Å². The van der Waals surface area contributed by atoms with Crippen molar-refractivity contribution in [2.24, 2.45) is 11.8 Å². The van der Waals surface area contributed by atoms with Crippen LogP contribution in [0.5, 0.6) is 0 Å². The lowest BCUT2D eigenvalue weighted by Crippen LogP contribution is -2.48. The number of amides is 1. The molecule has 2 aliphatic heterocycles. The fraction of sp³-hybridized carbons (Fsp3) is 0.667. The van der Waals surface area contributed by atoms with E-state index < -0.39 is 10.0 Å². The van der Waals surface area contributed by atoms with Crippen LogP contribution >= 0.6 is 0 Å². The summed E-state index contributed by atoms with van der Waals surface area (Å²) >= 11 is 0. The van der Waals surface area contributed by atoms with Crippen LogP contribution in [0.25, 0.3) is 11.0 Å². The van der Waals surface area contributed by atoms with E-state index in [0.29, 0.717) is 24.4 Å². The lowest BCUT2D eigenvalue weighted by Gasteiger charge is -2.36. The number of fused-ring (bicyclic) bond motifs is 1. The number of nitrogens with zero attached hydrogens (tertiary/aromatic N) is 5. The van der Waals surface area contributed by atoms with Crippen molar-refractivity contribution in [1.29, 1.82) is 0 Å². The van der Waals surface area contributed by atoms with Gasteiger partial charge < -0.3 is 4.90 Å². The van der Waals surface area contributed by atoms with Crippen LogP contribution in [-0.4, -0.2) is 64.7 Å². The van der Waals surface area contributed by atoms with Crippen LogP contribution in [0, 0.1) is 11.8 Å². The molecule has 164 valence electrons. The second-order valence-electron chi connectivity index (χ2n) is 8.67. The van der Waals surface area contributed by atoms with Gasteiger partial charge in [0.2, 0.25) is 15.9 Å². The van der Waals surface area contributed by atoms with E-state index in [4.69, 9.17) is 0 Å². The number of hydrogen-bond donors (Lipinski definition) is 0. The molecule has 2 saturated heterocycles. The predicted molar refractivity (Wildman–Crippen MR) is 114 cm³/mol. The Hall–Kier alpha value is -2.00. The van der Waals surface area contributed by atoms with Gasteiger partial charge in [-0.1, -0.05) is 19.1 Å². The zero-order valence-electron chi connectivity index (χ0n) is 17.8. The smallest absolute Gasteiger partial charge is 0.243 e. The minimum atomic E-state index is -3.68. The van der Waals surface area contributed by atoms with Gasteiger partial charge in [0.15, 0.2) is 0 Å². The molecule has 0 saturated carbocycles. The average Bonchev–Trinajstić information content (AvgIpc) is 3.16. The van der Waals surface area contributed by atoms with Gasteiger partial charge in [-0.05, 0) is 56.2 Å². The summed E-state index contributed by atoms with van der Waals surface area (Å²) in [6.45, 7) is 7.30. The van der Waals surface area contributed by atoms with Crippen molar-refractivity contribution in [3.05, 3.63) is 18.2 Å². The van der Waals surface area contributed by atoms with E-state index >= 15 is 0 Å². The second-order valence-corrected chi connectivity index (χ2v) is 10.6. The molecule has 1 aromatic heterocycles. The van der Waals surface area contributed by atoms with Crippen LogP contribution in [0.4, 0.5) is 0 Å². The van der Waals surface area contributed by atoms with Crippen molar-refractivity contribution >= 4 is 27.0 Å². The Labute approximate surface area is 178 Å². The Balaban J connectivity index is 1.51. The number of benzene rings is 1. The van der Waals surface area contributed by atoms with Crippen molar-refractivity contribution in [3.8, 4) is 0 Å². The minimum Gasteiger partial charge on any atom is -0.342 e. The average molecular weight is 434 g/mol. The molecule has 1 unspecified atom stereocenters. The van der Waals surface area contributed by atoms with Gasteiger partial charge in [0.1, 0.15) is 5.52 Å². The largest absolute Gasteiger partial charge is 0.342 e. The zero-order chi connectivity index (χ0) is 21.3. The molecule has 2 aliphatic rings. The summed E-state index contributed by atoms with van der Waals surface area (Å²) in [5, 5.41) is 8.26. The summed E-state index contributed by atoms with van der Waals surface area (Å²) in [6, 6.07) is 5.01. The Morgan fingerprint density at radius 1 is 1.17 bits per heavy atom. The molecule has 1 aromatic carbocycles. The Morgan fingerprint density at radius 3 is 2.67 bits per heavy atom. The highest BCUT2D eigenvalue weighted by atomic mass is 32.2. The van der Waals surface area contributed by atoms with Gasteiger partial charge in [-0.15, -0.1) is 5.10 Å². The van der Waals surface area contributed by atoms with Crippen LogP contribution in [0.1, 0.15) is 46.0 Å². The zero-order valence-corrected chi connectivity index (χ0v) is 18.6. The monoisotopic (exact) mass is 433 g/mol. The normalized spacial score (nSPS) is 21.9. The van der Waals surface area contributed by atoms with Gasteiger partial charge in [0.25, 0.3) is 0 Å². The number of sulfonamides is 1. The van der Waals surface area contributed by atoms with Gasteiger partial charge in [0.05, 0.1) is 16.3 Å². The molecule has 0 radical (unpaired) electrons. The lowest BCUT2D eigenvalue weighted by molar-refractivity contribution is -0.138. The molecular formula is C21H31N5O3S. The van der Waals surface area contributed by atoms with Crippen LogP contribution in [0.15, 0.2) is 23.1 Å². The molecule has 0 bridgehead atoms. The number of hydrogen-bond acceptors (Lipinski definition) is 5. The molecule has 8 nitrogen and oxygen atoms in total. The van der Waals surface area contributed by atoms with Gasteiger partial charge in [-0.25, -0.2) is 13.1 Å². The third kappa shape index (κ3) is 4.09. The van der Waals surface area contributed by atoms with E-state index in [0.717, 1.165) is 50.8 Å². The number of carbonyl (C=O) groups is 1. The first kappa shape index (κ1) is 21.2. The summed E-state index contributed by atoms with van der Waals surface area (Å²) in [5.74, 6) is 0.512. The maximum atomic E-state index is 13.3. The number of carbonyl (C=O) groups excluding carboxylic acids is 1. The molecule has 1 amide bonds. The molecule has 0 spiro atoms. The van der Waals surface area contributed by atoms with E-state index in [2.05, 4.69) is 24.2 Å². The van der Waals surface area contributed by atoms with E-state index in [9.17, 15) is 13.2 Å². The predicted octanol–water partition coefficient (Wildman–Crippen LogP) is 2.50. The highest BCUT2D eigenvalue weighted by Gasteiger charge is 2.36. The molecule has 2 aromatic rings. The maximum Gasteiger partial charge on any atom is 0.243 e. The Bertz CT molecular complexity index is 1010. The molecule has 0 N–H and O–H groups in total. The van der Waals surface area contributed by atoms with E-state index in [-0.39, 0.29) is 23.3 Å². The molecule has 9 heteroatoms. The molecule has 2 fully saturated rings. The minimum absolute atomic E-state index is 0.111. The van der Waals surface area contributed by atoms with Crippen LogP contribution in [0.3, 0.4) is 0 Å². The fourth-order valence-electron chi connectivity index (χ4n) is 4.49. The second kappa shape index (κ2) is 8.63. The number of likely N-dealkylation sites (tertiary alicyclic amines) is 1. The highest BCUT2D eigenvalue weighted by molar-refractivity contribution is 7.89. The first-order chi connectivity index (χ1) is 14.4. The summed E-state index contributed by atoms with van der Waals surface area (Å²) < 4.78 is 29.9. The molecular weight excluding hydrogens is 402 g/mol. The Kier molecular flexibility index (Phi) is 6.11. The standard InChI is InChI=1S/C21H31N5O3S/c1-3-10-26-20-7-6-18(14-19(20)22-23-26)30(28,29)25-11-4-5-17(15-25)21(27)24-12-8-16(2)9-13-24/h6-7,14,16-17H,3-5,8-13,15H2,1-2H3. The third-order valence-electron chi connectivity index (χ3n) is 6.39. The van der Waals surface area contributed by atoms with Crippen LogP contribution < -0.4 is 0 Å². The van der Waals surface area contributed by atoms with Crippen molar-refractivity contribution in [2.75, 3.05) is 26.2 Å².